The zero-order chi connectivity index (χ0) is 14.0. The summed E-state index contributed by atoms with van der Waals surface area (Å²) in [7, 11) is 1.75. The zero-order valence-corrected chi connectivity index (χ0v) is 11.3. The van der Waals surface area contributed by atoms with Gasteiger partial charge in [0.25, 0.3) is 0 Å². The summed E-state index contributed by atoms with van der Waals surface area (Å²) in [5, 5.41) is 9.20. The minimum absolute atomic E-state index is 0.0210. The van der Waals surface area contributed by atoms with Crippen LogP contribution in [0.3, 0.4) is 0 Å². The number of hydrogen-bond acceptors (Lipinski definition) is 3. The number of ketones is 1. The van der Waals surface area contributed by atoms with Gasteiger partial charge in [0.1, 0.15) is 0 Å². The number of fused-ring (bicyclic) bond motifs is 1. The lowest BCUT2D eigenvalue weighted by molar-refractivity contribution is -0.118. The van der Waals surface area contributed by atoms with E-state index in [-0.39, 0.29) is 24.2 Å². The maximum absolute atomic E-state index is 12.2. The number of hydrogen-bond donors (Lipinski definition) is 1. The van der Waals surface area contributed by atoms with E-state index in [1.54, 1.807) is 18.0 Å². The normalized spacial score (nSPS) is 16.2. The summed E-state index contributed by atoms with van der Waals surface area (Å²) < 4.78 is 0. The van der Waals surface area contributed by atoms with Crippen LogP contribution in [0.4, 0.5) is 5.69 Å². The quantitative estimate of drug-likeness (QED) is 0.841. The molecule has 1 unspecified atom stereocenters. The molecule has 1 amide bonds. The Morgan fingerprint density at radius 3 is 2.79 bits per heavy atom. The first-order valence-electron chi connectivity index (χ1n) is 6.63. The Kier molecular flexibility index (Phi) is 4.00. The second kappa shape index (κ2) is 5.53. The van der Waals surface area contributed by atoms with E-state index in [0.717, 1.165) is 11.3 Å². The highest BCUT2D eigenvalue weighted by molar-refractivity contribution is 6.00. The lowest BCUT2D eigenvalue weighted by Crippen LogP contribution is -2.31. The van der Waals surface area contributed by atoms with Gasteiger partial charge in [-0.1, -0.05) is 6.92 Å². The number of anilines is 1. The topological polar surface area (TPSA) is 57.6 Å². The molecule has 0 aliphatic carbocycles. The van der Waals surface area contributed by atoms with E-state index in [4.69, 9.17) is 0 Å². The smallest absolute Gasteiger partial charge is 0.227 e. The van der Waals surface area contributed by atoms with Crippen LogP contribution in [0.1, 0.15) is 35.7 Å². The fraction of sp³-hybridized carbons (Fsp3) is 0.467. The number of aliphatic hydroxyl groups is 1. The van der Waals surface area contributed by atoms with Crippen LogP contribution in [0, 0.1) is 5.92 Å². The minimum Gasteiger partial charge on any atom is -0.396 e. The van der Waals surface area contributed by atoms with Crippen molar-refractivity contribution in [3.05, 3.63) is 29.3 Å². The number of benzene rings is 1. The Morgan fingerprint density at radius 2 is 2.16 bits per heavy atom. The lowest BCUT2D eigenvalue weighted by atomic mass is 9.92. The van der Waals surface area contributed by atoms with Crippen molar-refractivity contribution in [3.8, 4) is 0 Å². The Labute approximate surface area is 113 Å². The molecule has 0 saturated heterocycles. The number of carbonyl (C=O) groups excluding carboxylic acids is 2. The average Bonchev–Trinajstić information content (AvgIpc) is 2.44. The molecule has 1 heterocycles. The first-order valence-corrected chi connectivity index (χ1v) is 6.63. The first-order chi connectivity index (χ1) is 9.08. The third-order valence-corrected chi connectivity index (χ3v) is 3.79. The highest BCUT2D eigenvalue weighted by Crippen LogP contribution is 2.28. The minimum atomic E-state index is -0.332. The van der Waals surface area contributed by atoms with Gasteiger partial charge in [-0.05, 0) is 36.6 Å². The highest BCUT2D eigenvalue weighted by Gasteiger charge is 2.23. The van der Waals surface area contributed by atoms with Gasteiger partial charge in [-0.2, -0.15) is 0 Å². The molecular formula is C15H19NO3. The van der Waals surface area contributed by atoms with Crippen LogP contribution in [-0.2, 0) is 11.2 Å². The molecule has 0 radical (unpaired) electrons. The monoisotopic (exact) mass is 261 g/mol. The molecule has 102 valence electrons. The third kappa shape index (κ3) is 2.54. The van der Waals surface area contributed by atoms with Gasteiger partial charge >= 0.3 is 0 Å². The van der Waals surface area contributed by atoms with Crippen LogP contribution in [0.5, 0.6) is 0 Å². The van der Waals surface area contributed by atoms with Gasteiger partial charge in [0.05, 0.1) is 6.61 Å². The number of aliphatic hydroxyl groups excluding tert-OH is 1. The van der Waals surface area contributed by atoms with E-state index in [2.05, 4.69) is 0 Å². The maximum Gasteiger partial charge on any atom is 0.227 e. The fourth-order valence-corrected chi connectivity index (χ4v) is 2.44. The number of carbonyl (C=O) groups is 2. The van der Waals surface area contributed by atoms with Crippen LogP contribution >= 0.6 is 0 Å². The summed E-state index contributed by atoms with van der Waals surface area (Å²) >= 11 is 0. The van der Waals surface area contributed by atoms with Crippen molar-refractivity contribution < 1.29 is 14.7 Å². The lowest BCUT2D eigenvalue weighted by Gasteiger charge is -2.26. The number of amides is 1. The Morgan fingerprint density at radius 1 is 1.42 bits per heavy atom. The summed E-state index contributed by atoms with van der Waals surface area (Å²) in [5.74, 6) is -0.248. The standard InChI is InChI=1S/C15H19NO3/c1-3-10(9-17)15(19)12-4-6-13-11(8-12)5-7-14(18)16(13)2/h4,6,8,10,17H,3,5,7,9H2,1-2H3. The van der Waals surface area contributed by atoms with Gasteiger partial charge in [0, 0.05) is 30.6 Å². The van der Waals surface area contributed by atoms with Gasteiger partial charge in [0.2, 0.25) is 5.91 Å². The Bertz CT molecular complexity index is 506. The van der Waals surface area contributed by atoms with E-state index in [1.165, 1.54) is 0 Å². The number of aryl methyl sites for hydroxylation is 1. The molecule has 4 heteroatoms. The van der Waals surface area contributed by atoms with Crippen molar-refractivity contribution in [2.75, 3.05) is 18.6 Å². The van der Waals surface area contributed by atoms with Crippen molar-refractivity contribution in [2.45, 2.75) is 26.2 Å². The summed E-state index contributed by atoms with van der Waals surface area (Å²) in [4.78, 5) is 25.4. The predicted octanol–water partition coefficient (Wildman–Crippen LogP) is 1.80. The molecule has 1 aromatic rings. The van der Waals surface area contributed by atoms with Crippen molar-refractivity contribution in [3.63, 3.8) is 0 Å². The first kappa shape index (κ1) is 13.7. The van der Waals surface area contributed by atoms with Gasteiger partial charge in [0.15, 0.2) is 5.78 Å². The Balaban J connectivity index is 2.32. The van der Waals surface area contributed by atoms with Crippen LogP contribution in [0.2, 0.25) is 0 Å². The predicted molar refractivity (Wildman–Crippen MR) is 73.4 cm³/mol. The second-order valence-corrected chi connectivity index (χ2v) is 4.95. The molecular weight excluding hydrogens is 242 g/mol. The van der Waals surface area contributed by atoms with E-state index in [1.807, 2.05) is 19.1 Å². The largest absolute Gasteiger partial charge is 0.396 e. The van der Waals surface area contributed by atoms with Gasteiger partial charge in [-0.15, -0.1) is 0 Å². The van der Waals surface area contributed by atoms with Crippen molar-refractivity contribution in [1.29, 1.82) is 0 Å². The van der Waals surface area contributed by atoms with Crippen LogP contribution in [0.25, 0.3) is 0 Å². The summed E-state index contributed by atoms with van der Waals surface area (Å²) in [6.45, 7) is 1.77. The number of nitrogens with zero attached hydrogens (tertiary/aromatic N) is 1. The third-order valence-electron chi connectivity index (χ3n) is 3.79. The molecule has 0 fully saturated rings. The molecule has 1 aromatic carbocycles. The van der Waals surface area contributed by atoms with Crippen molar-refractivity contribution >= 4 is 17.4 Å². The van der Waals surface area contributed by atoms with E-state index >= 15 is 0 Å². The van der Waals surface area contributed by atoms with E-state index in [0.29, 0.717) is 24.8 Å². The molecule has 19 heavy (non-hydrogen) atoms. The van der Waals surface area contributed by atoms with E-state index < -0.39 is 0 Å². The average molecular weight is 261 g/mol. The van der Waals surface area contributed by atoms with E-state index in [9.17, 15) is 14.7 Å². The van der Waals surface area contributed by atoms with Gasteiger partial charge in [-0.3, -0.25) is 9.59 Å². The second-order valence-electron chi connectivity index (χ2n) is 4.95. The highest BCUT2D eigenvalue weighted by atomic mass is 16.3. The molecule has 0 spiro atoms. The molecule has 1 atom stereocenters. The van der Waals surface area contributed by atoms with Crippen LogP contribution < -0.4 is 4.90 Å². The Hall–Kier alpha value is -1.68. The SMILES string of the molecule is CCC(CO)C(=O)c1ccc2c(c1)CCC(=O)N2C. The van der Waals surface area contributed by atoms with Gasteiger partial charge < -0.3 is 10.0 Å². The summed E-state index contributed by atoms with van der Waals surface area (Å²) in [5.41, 5.74) is 2.54. The van der Waals surface area contributed by atoms with Crippen molar-refractivity contribution in [1.82, 2.24) is 0 Å². The fourth-order valence-electron chi connectivity index (χ4n) is 2.44. The summed E-state index contributed by atoms with van der Waals surface area (Å²) in [6, 6.07) is 5.43. The van der Waals surface area contributed by atoms with Gasteiger partial charge in [-0.25, -0.2) is 0 Å². The maximum atomic E-state index is 12.2. The van der Waals surface area contributed by atoms with Crippen LogP contribution in [-0.4, -0.2) is 30.5 Å². The molecule has 1 aliphatic heterocycles. The molecule has 0 bridgehead atoms. The molecule has 0 saturated carbocycles. The van der Waals surface area contributed by atoms with Crippen molar-refractivity contribution in [2.24, 2.45) is 5.92 Å². The number of rotatable bonds is 4. The molecule has 1 N–H and O–H groups in total. The molecule has 0 aromatic heterocycles. The summed E-state index contributed by atoms with van der Waals surface area (Å²) in [6.07, 6.45) is 1.79. The zero-order valence-electron chi connectivity index (χ0n) is 11.3. The van der Waals surface area contributed by atoms with Crippen LogP contribution in [0.15, 0.2) is 18.2 Å². The molecule has 4 nitrogen and oxygen atoms in total. The molecule has 1 aliphatic rings. The number of Topliss-reactive ketones (excluding diaryl/α,β-unsaturated/α-hetero) is 1. The molecule has 2 rings (SSSR count).